The van der Waals surface area contributed by atoms with Gasteiger partial charge in [0.2, 0.25) is 0 Å². The van der Waals surface area contributed by atoms with Gasteiger partial charge in [-0.2, -0.15) is 0 Å². The molecule has 0 aromatic heterocycles. The van der Waals surface area contributed by atoms with E-state index in [0.717, 1.165) is 13.2 Å². The van der Waals surface area contributed by atoms with Gasteiger partial charge in [0.1, 0.15) is 0 Å². The number of hydrogen-bond acceptors (Lipinski definition) is 1. The Labute approximate surface area is 159 Å². The van der Waals surface area contributed by atoms with Gasteiger partial charge in [-0.25, -0.2) is 0 Å². The molecule has 0 unspecified atom stereocenters. The molecule has 26 heavy (non-hydrogen) atoms. The van der Waals surface area contributed by atoms with Crippen molar-refractivity contribution in [2.24, 2.45) is 11.8 Å². The first kappa shape index (κ1) is 17.6. The van der Waals surface area contributed by atoms with Crippen LogP contribution in [0.5, 0.6) is 0 Å². The van der Waals surface area contributed by atoms with Crippen molar-refractivity contribution in [1.82, 2.24) is 0 Å². The Kier molecular flexibility index (Phi) is 5.28. The summed E-state index contributed by atoms with van der Waals surface area (Å²) in [5.74, 6) is 1.27. The topological polar surface area (TPSA) is 9.23 Å². The summed E-state index contributed by atoms with van der Waals surface area (Å²) in [5.41, 5.74) is 0. The minimum absolute atomic E-state index is 0.635. The van der Waals surface area contributed by atoms with Gasteiger partial charge in [0.25, 0.3) is 0 Å². The van der Waals surface area contributed by atoms with Crippen LogP contribution in [0.15, 0.2) is 91.0 Å². The van der Waals surface area contributed by atoms with Gasteiger partial charge in [-0.3, -0.25) is 0 Å². The van der Waals surface area contributed by atoms with E-state index in [4.69, 9.17) is 4.74 Å². The molecule has 1 fully saturated rings. The standard InChI is InChI=1S/C24H26GeO/c1-20-18-26-19-21(20)17-25(22-11-5-2-6-12-22,23-13-7-3-8-14-23)24-15-9-4-10-16-24/h2-16,20-21H,17-19H2,1H3/t20-,21+/m0/s1. The fourth-order valence-electron chi connectivity index (χ4n) is 4.38. The maximum atomic E-state index is 5.85. The summed E-state index contributed by atoms with van der Waals surface area (Å²) in [7, 11) is 0. The van der Waals surface area contributed by atoms with Crippen LogP contribution in [0.3, 0.4) is 0 Å². The summed E-state index contributed by atoms with van der Waals surface area (Å²) in [6, 6.07) is 33.8. The fraction of sp³-hybridized carbons (Fsp3) is 0.250. The van der Waals surface area contributed by atoms with Gasteiger partial charge in [0.05, 0.1) is 0 Å². The molecule has 0 aliphatic carbocycles. The van der Waals surface area contributed by atoms with E-state index < -0.39 is 13.3 Å². The molecule has 1 aliphatic rings. The molecule has 3 aromatic rings. The Morgan fingerprint density at radius 2 is 1.12 bits per heavy atom. The Bertz CT molecular complexity index is 720. The van der Waals surface area contributed by atoms with Crippen LogP contribution in [0.1, 0.15) is 6.92 Å². The van der Waals surface area contributed by atoms with Gasteiger partial charge in [0.15, 0.2) is 0 Å². The summed E-state index contributed by atoms with van der Waals surface area (Å²) in [6.45, 7) is 4.16. The van der Waals surface area contributed by atoms with Crippen molar-refractivity contribution in [1.29, 1.82) is 0 Å². The SMILES string of the molecule is C[C@H]1COC[C@H]1[CH2][Ge]([c]1ccccc1)([c]1ccccc1)[c]1ccccc1. The van der Waals surface area contributed by atoms with Crippen LogP contribution in [0.4, 0.5) is 0 Å². The first-order chi connectivity index (χ1) is 12.8. The predicted octanol–water partition coefficient (Wildman–Crippen LogP) is 3.44. The predicted molar refractivity (Wildman–Crippen MR) is 112 cm³/mol. The molecule has 2 atom stereocenters. The molecule has 0 amide bonds. The van der Waals surface area contributed by atoms with Gasteiger partial charge in [0, 0.05) is 0 Å². The van der Waals surface area contributed by atoms with Gasteiger partial charge in [-0.1, -0.05) is 0 Å². The summed E-state index contributed by atoms with van der Waals surface area (Å²) < 4.78 is 10.5. The van der Waals surface area contributed by atoms with E-state index in [2.05, 4.69) is 97.9 Å². The van der Waals surface area contributed by atoms with Crippen LogP contribution in [0.2, 0.25) is 5.25 Å². The molecule has 0 bridgehead atoms. The second-order valence-corrected chi connectivity index (χ2v) is 15.8. The van der Waals surface area contributed by atoms with Gasteiger partial charge < -0.3 is 0 Å². The van der Waals surface area contributed by atoms with E-state index in [0.29, 0.717) is 11.8 Å². The molecular weight excluding hydrogens is 377 g/mol. The van der Waals surface area contributed by atoms with Crippen molar-refractivity contribution in [3.05, 3.63) is 91.0 Å². The molecule has 1 heterocycles. The van der Waals surface area contributed by atoms with Crippen LogP contribution in [-0.4, -0.2) is 26.5 Å². The van der Waals surface area contributed by atoms with Crippen molar-refractivity contribution in [3.63, 3.8) is 0 Å². The summed E-state index contributed by atoms with van der Waals surface area (Å²) in [4.78, 5) is 0. The molecule has 0 spiro atoms. The van der Waals surface area contributed by atoms with Crippen molar-refractivity contribution in [3.8, 4) is 0 Å². The van der Waals surface area contributed by atoms with Crippen LogP contribution >= 0.6 is 0 Å². The molecule has 1 aliphatic heterocycles. The minimum atomic E-state index is -2.79. The van der Waals surface area contributed by atoms with Gasteiger partial charge >= 0.3 is 159 Å². The zero-order valence-corrected chi connectivity index (χ0v) is 17.4. The van der Waals surface area contributed by atoms with Crippen LogP contribution < -0.4 is 13.2 Å². The Morgan fingerprint density at radius 1 is 0.692 bits per heavy atom. The number of rotatable bonds is 5. The normalized spacial score (nSPS) is 20.2. The van der Waals surface area contributed by atoms with Crippen molar-refractivity contribution in [2.75, 3.05) is 13.2 Å². The zero-order chi connectivity index (χ0) is 17.8. The van der Waals surface area contributed by atoms with Gasteiger partial charge in [-0.15, -0.1) is 0 Å². The summed E-state index contributed by atoms with van der Waals surface area (Å²) >= 11 is -2.79. The second-order valence-electron chi connectivity index (χ2n) is 7.48. The number of ether oxygens (including phenoxy) is 1. The monoisotopic (exact) mass is 404 g/mol. The third-order valence-electron chi connectivity index (χ3n) is 5.89. The number of benzene rings is 3. The van der Waals surface area contributed by atoms with E-state index in [-0.39, 0.29) is 0 Å². The molecule has 1 nitrogen and oxygen atoms in total. The zero-order valence-electron chi connectivity index (χ0n) is 15.3. The van der Waals surface area contributed by atoms with E-state index >= 15 is 0 Å². The van der Waals surface area contributed by atoms with Crippen molar-refractivity contribution < 1.29 is 4.74 Å². The average Bonchev–Trinajstić information content (AvgIpc) is 3.12. The van der Waals surface area contributed by atoms with E-state index in [9.17, 15) is 0 Å². The number of hydrogen-bond donors (Lipinski definition) is 0. The first-order valence-electron chi connectivity index (χ1n) is 9.55. The van der Waals surface area contributed by atoms with Crippen LogP contribution in [-0.2, 0) is 4.74 Å². The van der Waals surface area contributed by atoms with E-state index in [1.165, 1.54) is 5.25 Å². The molecule has 0 saturated carbocycles. The maximum absolute atomic E-state index is 5.85. The molecular formula is C24H26GeO. The Balaban J connectivity index is 1.94. The Morgan fingerprint density at radius 3 is 1.46 bits per heavy atom. The van der Waals surface area contributed by atoms with Crippen LogP contribution in [0.25, 0.3) is 0 Å². The fourth-order valence-corrected chi connectivity index (χ4v) is 15.5. The molecule has 3 aromatic carbocycles. The van der Waals surface area contributed by atoms with E-state index in [1.54, 1.807) is 13.2 Å². The van der Waals surface area contributed by atoms with Crippen molar-refractivity contribution in [2.45, 2.75) is 12.2 Å². The third kappa shape index (κ3) is 3.26. The van der Waals surface area contributed by atoms with Crippen LogP contribution in [0, 0.1) is 11.8 Å². The Hall–Kier alpha value is -1.84. The summed E-state index contributed by atoms with van der Waals surface area (Å²) in [6.07, 6.45) is 0. The molecule has 1 saturated heterocycles. The molecule has 132 valence electrons. The second kappa shape index (κ2) is 7.81. The molecule has 0 radical (unpaired) electrons. The molecule has 4 rings (SSSR count). The molecule has 2 heteroatoms. The first-order valence-corrected chi connectivity index (χ1v) is 14.2. The van der Waals surface area contributed by atoms with Gasteiger partial charge in [-0.05, 0) is 0 Å². The quantitative estimate of drug-likeness (QED) is 0.594. The van der Waals surface area contributed by atoms with Crippen molar-refractivity contribution >= 4 is 26.5 Å². The molecule has 0 N–H and O–H groups in total. The third-order valence-corrected chi connectivity index (χ3v) is 16.6. The summed E-state index contributed by atoms with van der Waals surface area (Å²) in [5, 5.41) is 1.25. The average molecular weight is 403 g/mol. The van der Waals surface area contributed by atoms with E-state index in [1.807, 2.05) is 0 Å².